The molecule has 3 rings (SSSR count). The number of amides is 1. The highest BCUT2D eigenvalue weighted by atomic mass is 16.5. The zero-order valence-corrected chi connectivity index (χ0v) is 13.4. The molecular formula is C18H26N2O2. The Kier molecular flexibility index (Phi) is 5.11. The Hall–Kier alpha value is -1.39. The highest BCUT2D eigenvalue weighted by molar-refractivity contribution is 5.94. The van der Waals surface area contributed by atoms with Crippen LogP contribution in [0.3, 0.4) is 0 Å². The Morgan fingerprint density at radius 3 is 2.59 bits per heavy atom. The van der Waals surface area contributed by atoms with Crippen LogP contribution in [0.1, 0.15) is 53.1 Å². The van der Waals surface area contributed by atoms with Gasteiger partial charge in [-0.2, -0.15) is 0 Å². The van der Waals surface area contributed by atoms with Gasteiger partial charge < -0.3 is 15.4 Å². The van der Waals surface area contributed by atoms with Crippen molar-refractivity contribution in [2.45, 2.75) is 44.6 Å². The van der Waals surface area contributed by atoms with Crippen LogP contribution in [-0.4, -0.2) is 38.3 Å². The number of benzene rings is 1. The molecule has 2 fully saturated rings. The van der Waals surface area contributed by atoms with Crippen LogP contribution in [0.5, 0.6) is 0 Å². The van der Waals surface area contributed by atoms with Crippen molar-refractivity contribution in [1.82, 2.24) is 10.6 Å². The van der Waals surface area contributed by atoms with Gasteiger partial charge in [0.15, 0.2) is 0 Å². The van der Waals surface area contributed by atoms with E-state index in [1.165, 1.54) is 11.1 Å². The van der Waals surface area contributed by atoms with Gasteiger partial charge in [0.1, 0.15) is 0 Å². The summed E-state index contributed by atoms with van der Waals surface area (Å²) in [5.41, 5.74) is 3.30. The molecule has 2 aliphatic heterocycles. The van der Waals surface area contributed by atoms with Crippen LogP contribution < -0.4 is 10.6 Å². The highest BCUT2D eigenvalue weighted by Gasteiger charge is 2.20. The molecule has 1 aromatic carbocycles. The van der Waals surface area contributed by atoms with Crippen LogP contribution in [0.25, 0.3) is 0 Å². The number of rotatable bonds is 3. The number of carbonyl (C=O) groups excluding carboxylic acids is 1. The quantitative estimate of drug-likeness (QED) is 0.901. The van der Waals surface area contributed by atoms with E-state index < -0.39 is 0 Å². The lowest BCUT2D eigenvalue weighted by Crippen LogP contribution is -2.39. The molecule has 0 saturated carbocycles. The number of aryl methyl sites for hydroxylation is 1. The molecule has 2 heterocycles. The summed E-state index contributed by atoms with van der Waals surface area (Å²) in [6.07, 6.45) is 4.15. The third-order valence-corrected chi connectivity index (χ3v) is 4.73. The maximum Gasteiger partial charge on any atom is 0.251 e. The Morgan fingerprint density at radius 1 is 1.14 bits per heavy atom. The lowest BCUT2D eigenvalue weighted by atomic mass is 9.88. The Labute approximate surface area is 132 Å². The fraction of sp³-hybridized carbons (Fsp3) is 0.611. The summed E-state index contributed by atoms with van der Waals surface area (Å²) in [5.74, 6) is 0.640. The smallest absolute Gasteiger partial charge is 0.251 e. The SMILES string of the molecule is Cc1cc(C(=O)NC2CCOCC2)cc(C2CCNCC2)c1. The normalized spacial score (nSPS) is 20.8. The summed E-state index contributed by atoms with van der Waals surface area (Å²) in [5, 5.41) is 6.56. The van der Waals surface area contributed by atoms with Crippen molar-refractivity contribution in [3.05, 3.63) is 34.9 Å². The molecule has 0 bridgehead atoms. The molecule has 2 saturated heterocycles. The summed E-state index contributed by atoms with van der Waals surface area (Å²) >= 11 is 0. The predicted octanol–water partition coefficient (Wildman–Crippen LogP) is 2.37. The second-order valence-electron chi connectivity index (χ2n) is 6.52. The Morgan fingerprint density at radius 2 is 1.86 bits per heavy atom. The van der Waals surface area contributed by atoms with E-state index in [9.17, 15) is 4.79 Å². The van der Waals surface area contributed by atoms with E-state index in [1.54, 1.807) is 0 Å². The minimum atomic E-state index is 0.0609. The molecule has 22 heavy (non-hydrogen) atoms. The van der Waals surface area contributed by atoms with Gasteiger partial charge >= 0.3 is 0 Å². The summed E-state index contributed by atoms with van der Waals surface area (Å²) in [6, 6.07) is 6.59. The van der Waals surface area contributed by atoms with Crippen molar-refractivity contribution >= 4 is 5.91 Å². The van der Waals surface area contributed by atoms with Gasteiger partial charge in [0.05, 0.1) is 0 Å². The second-order valence-corrected chi connectivity index (χ2v) is 6.52. The maximum atomic E-state index is 12.5. The van der Waals surface area contributed by atoms with Crippen LogP contribution in [-0.2, 0) is 4.74 Å². The monoisotopic (exact) mass is 302 g/mol. The van der Waals surface area contributed by atoms with Gasteiger partial charge in [-0.3, -0.25) is 4.79 Å². The van der Waals surface area contributed by atoms with E-state index in [4.69, 9.17) is 4.74 Å². The first-order valence-corrected chi connectivity index (χ1v) is 8.43. The molecule has 0 radical (unpaired) electrons. The van der Waals surface area contributed by atoms with Gasteiger partial charge in [0.25, 0.3) is 5.91 Å². The predicted molar refractivity (Wildman–Crippen MR) is 87.3 cm³/mol. The fourth-order valence-electron chi connectivity index (χ4n) is 3.45. The summed E-state index contributed by atoms with van der Waals surface area (Å²) in [7, 11) is 0. The number of ether oxygens (including phenoxy) is 1. The van der Waals surface area contributed by atoms with Crippen molar-refractivity contribution in [2.24, 2.45) is 0 Å². The largest absolute Gasteiger partial charge is 0.381 e. The summed E-state index contributed by atoms with van der Waals surface area (Å²) in [6.45, 7) is 5.72. The number of nitrogens with one attached hydrogen (secondary N) is 2. The topological polar surface area (TPSA) is 50.4 Å². The van der Waals surface area contributed by atoms with Crippen LogP contribution in [0, 0.1) is 6.92 Å². The molecule has 0 unspecified atom stereocenters. The maximum absolute atomic E-state index is 12.5. The fourth-order valence-corrected chi connectivity index (χ4v) is 3.45. The molecule has 1 aromatic rings. The van der Waals surface area contributed by atoms with E-state index in [-0.39, 0.29) is 11.9 Å². The minimum Gasteiger partial charge on any atom is -0.381 e. The molecule has 2 aliphatic rings. The number of carbonyl (C=O) groups is 1. The first-order chi connectivity index (χ1) is 10.7. The van der Waals surface area contributed by atoms with Gasteiger partial charge in [0, 0.05) is 24.8 Å². The molecule has 0 aromatic heterocycles. The van der Waals surface area contributed by atoms with Crippen molar-refractivity contribution in [3.8, 4) is 0 Å². The molecule has 0 aliphatic carbocycles. The lowest BCUT2D eigenvalue weighted by molar-refractivity contribution is 0.0696. The summed E-state index contributed by atoms with van der Waals surface area (Å²) < 4.78 is 5.35. The zero-order valence-electron chi connectivity index (χ0n) is 13.4. The zero-order chi connectivity index (χ0) is 15.4. The van der Waals surface area contributed by atoms with Gasteiger partial charge in [-0.15, -0.1) is 0 Å². The van der Waals surface area contributed by atoms with E-state index >= 15 is 0 Å². The van der Waals surface area contributed by atoms with E-state index in [1.807, 2.05) is 6.07 Å². The Balaban J connectivity index is 1.71. The molecular weight excluding hydrogens is 276 g/mol. The average molecular weight is 302 g/mol. The molecule has 2 N–H and O–H groups in total. The molecule has 0 atom stereocenters. The van der Waals surface area contributed by atoms with Crippen LogP contribution in [0.2, 0.25) is 0 Å². The first-order valence-electron chi connectivity index (χ1n) is 8.43. The van der Waals surface area contributed by atoms with Crippen molar-refractivity contribution in [3.63, 3.8) is 0 Å². The van der Waals surface area contributed by atoms with Gasteiger partial charge in [-0.25, -0.2) is 0 Å². The standard InChI is InChI=1S/C18H26N2O2/c1-13-10-15(14-2-6-19-7-3-14)12-16(11-13)18(21)20-17-4-8-22-9-5-17/h10-12,14,17,19H,2-9H2,1H3,(H,20,21). The van der Waals surface area contributed by atoms with E-state index in [0.717, 1.165) is 57.6 Å². The third-order valence-electron chi connectivity index (χ3n) is 4.73. The van der Waals surface area contributed by atoms with Gasteiger partial charge in [-0.1, -0.05) is 11.6 Å². The second kappa shape index (κ2) is 7.25. The number of hydrogen-bond donors (Lipinski definition) is 2. The van der Waals surface area contributed by atoms with Crippen molar-refractivity contribution < 1.29 is 9.53 Å². The molecule has 4 nitrogen and oxygen atoms in total. The molecule has 0 spiro atoms. The van der Waals surface area contributed by atoms with Gasteiger partial charge in [-0.05, 0) is 69.3 Å². The number of hydrogen-bond acceptors (Lipinski definition) is 3. The van der Waals surface area contributed by atoms with Crippen LogP contribution >= 0.6 is 0 Å². The Bertz CT molecular complexity index is 518. The first kappa shape index (κ1) is 15.5. The number of piperidine rings is 1. The highest BCUT2D eigenvalue weighted by Crippen LogP contribution is 2.27. The van der Waals surface area contributed by atoms with E-state index in [0.29, 0.717) is 5.92 Å². The van der Waals surface area contributed by atoms with Crippen LogP contribution in [0.4, 0.5) is 0 Å². The van der Waals surface area contributed by atoms with Crippen molar-refractivity contribution in [1.29, 1.82) is 0 Å². The van der Waals surface area contributed by atoms with Crippen LogP contribution in [0.15, 0.2) is 18.2 Å². The van der Waals surface area contributed by atoms with E-state index in [2.05, 4.69) is 29.7 Å². The lowest BCUT2D eigenvalue weighted by Gasteiger charge is -2.25. The van der Waals surface area contributed by atoms with Crippen molar-refractivity contribution in [2.75, 3.05) is 26.3 Å². The van der Waals surface area contributed by atoms with Gasteiger partial charge in [0.2, 0.25) is 0 Å². The molecule has 1 amide bonds. The minimum absolute atomic E-state index is 0.0609. The summed E-state index contributed by atoms with van der Waals surface area (Å²) in [4.78, 5) is 12.5. The molecule has 4 heteroatoms. The average Bonchev–Trinajstić information content (AvgIpc) is 2.56. The third kappa shape index (κ3) is 3.87. The molecule has 120 valence electrons.